The number of aryl methyl sites for hydroxylation is 1. The van der Waals surface area contributed by atoms with E-state index in [9.17, 15) is 8.42 Å². The zero-order valence-electron chi connectivity index (χ0n) is 10.2. The molecule has 18 heavy (non-hydrogen) atoms. The van der Waals surface area contributed by atoms with Crippen LogP contribution in [0.2, 0.25) is 0 Å². The average molecular weight is 266 g/mol. The Kier molecular flexibility index (Phi) is 3.33. The monoisotopic (exact) mass is 266 g/mol. The van der Waals surface area contributed by atoms with Crippen LogP contribution in [0.4, 0.5) is 5.69 Å². The molecule has 2 aromatic heterocycles. The molecule has 2 rings (SSSR count). The summed E-state index contributed by atoms with van der Waals surface area (Å²) in [4.78, 5) is 3.90. The van der Waals surface area contributed by atoms with E-state index in [2.05, 4.69) is 15.4 Å². The van der Waals surface area contributed by atoms with Crippen molar-refractivity contribution in [1.29, 1.82) is 0 Å². The van der Waals surface area contributed by atoms with E-state index in [1.165, 1.54) is 12.3 Å². The van der Waals surface area contributed by atoms with Gasteiger partial charge in [-0.05, 0) is 18.2 Å². The zero-order valence-corrected chi connectivity index (χ0v) is 11.0. The maximum Gasteiger partial charge on any atom is 0.192 e. The van der Waals surface area contributed by atoms with Crippen LogP contribution in [0.1, 0.15) is 5.69 Å². The highest BCUT2D eigenvalue weighted by molar-refractivity contribution is 7.90. The van der Waals surface area contributed by atoms with Crippen LogP contribution in [0.25, 0.3) is 0 Å². The molecule has 0 fully saturated rings. The van der Waals surface area contributed by atoms with Gasteiger partial charge in [0, 0.05) is 19.5 Å². The normalized spacial score (nSPS) is 11.4. The van der Waals surface area contributed by atoms with E-state index in [0.717, 1.165) is 17.6 Å². The van der Waals surface area contributed by atoms with E-state index >= 15 is 0 Å². The maximum absolute atomic E-state index is 11.2. The fourth-order valence-electron chi connectivity index (χ4n) is 1.47. The molecule has 0 spiro atoms. The molecule has 0 bridgehead atoms. The van der Waals surface area contributed by atoms with E-state index < -0.39 is 9.84 Å². The largest absolute Gasteiger partial charge is 0.378 e. The molecule has 0 saturated heterocycles. The minimum Gasteiger partial charge on any atom is -0.378 e. The lowest BCUT2D eigenvalue weighted by Crippen LogP contribution is -2.06. The number of nitrogens with one attached hydrogen (secondary N) is 1. The van der Waals surface area contributed by atoms with Crippen molar-refractivity contribution in [1.82, 2.24) is 14.8 Å². The van der Waals surface area contributed by atoms with Gasteiger partial charge >= 0.3 is 0 Å². The number of pyridine rings is 1. The Morgan fingerprint density at radius 1 is 1.33 bits per heavy atom. The minimum absolute atomic E-state index is 0.0774. The van der Waals surface area contributed by atoms with Crippen LogP contribution in [-0.4, -0.2) is 29.4 Å². The van der Waals surface area contributed by atoms with Gasteiger partial charge in [-0.2, -0.15) is 5.10 Å². The molecule has 2 aromatic rings. The van der Waals surface area contributed by atoms with Gasteiger partial charge in [0.15, 0.2) is 14.9 Å². The second-order valence-corrected chi connectivity index (χ2v) is 5.92. The van der Waals surface area contributed by atoms with Gasteiger partial charge in [0.2, 0.25) is 0 Å². The van der Waals surface area contributed by atoms with E-state index in [1.54, 1.807) is 16.9 Å². The maximum atomic E-state index is 11.2. The molecule has 0 radical (unpaired) electrons. The van der Waals surface area contributed by atoms with Crippen molar-refractivity contribution in [3.63, 3.8) is 0 Å². The quantitative estimate of drug-likeness (QED) is 0.887. The van der Waals surface area contributed by atoms with Gasteiger partial charge in [-0.1, -0.05) is 0 Å². The Balaban J connectivity index is 2.05. The summed E-state index contributed by atoms with van der Waals surface area (Å²) in [7, 11) is -1.37. The van der Waals surface area contributed by atoms with Crippen molar-refractivity contribution < 1.29 is 8.42 Å². The molecule has 1 N–H and O–H groups in total. The van der Waals surface area contributed by atoms with Crippen LogP contribution in [-0.2, 0) is 23.4 Å². The molecule has 0 aliphatic heterocycles. The Morgan fingerprint density at radius 2 is 2.11 bits per heavy atom. The predicted molar refractivity (Wildman–Crippen MR) is 67.9 cm³/mol. The van der Waals surface area contributed by atoms with Gasteiger partial charge in [0.1, 0.15) is 0 Å². The lowest BCUT2D eigenvalue weighted by molar-refractivity contribution is 0.598. The van der Waals surface area contributed by atoms with Crippen LogP contribution in [0.15, 0.2) is 35.6 Å². The third-order valence-electron chi connectivity index (χ3n) is 2.51. The Labute approximate surface area is 106 Å². The van der Waals surface area contributed by atoms with Gasteiger partial charge in [-0.3, -0.25) is 4.68 Å². The first-order chi connectivity index (χ1) is 8.47. The smallest absolute Gasteiger partial charge is 0.192 e. The molecule has 7 heteroatoms. The number of nitrogens with zero attached hydrogens (tertiary/aromatic N) is 3. The van der Waals surface area contributed by atoms with Crippen molar-refractivity contribution in [3.05, 3.63) is 36.3 Å². The summed E-state index contributed by atoms with van der Waals surface area (Å²) in [5, 5.41) is 7.28. The number of sulfone groups is 1. The number of aromatic nitrogens is 3. The second-order valence-electron chi connectivity index (χ2n) is 3.96. The van der Waals surface area contributed by atoms with E-state index in [4.69, 9.17) is 0 Å². The van der Waals surface area contributed by atoms with Gasteiger partial charge in [-0.25, -0.2) is 13.4 Å². The van der Waals surface area contributed by atoms with Gasteiger partial charge in [0.25, 0.3) is 0 Å². The van der Waals surface area contributed by atoms with Crippen LogP contribution in [0.5, 0.6) is 0 Å². The van der Waals surface area contributed by atoms with Crippen molar-refractivity contribution in [2.24, 2.45) is 7.05 Å². The highest BCUT2D eigenvalue weighted by Crippen LogP contribution is 2.11. The number of hydrogen-bond acceptors (Lipinski definition) is 5. The standard InChI is InChI=1S/C11H14N4O2S/c1-15-10(5-6-14-15)8-12-9-3-4-11(13-7-9)18(2,16)17/h3-7,12H,8H2,1-2H3. The second kappa shape index (κ2) is 4.77. The van der Waals surface area contributed by atoms with E-state index in [-0.39, 0.29) is 5.03 Å². The first-order valence-electron chi connectivity index (χ1n) is 5.34. The predicted octanol–water partition coefficient (Wildman–Crippen LogP) is 0.831. The summed E-state index contributed by atoms with van der Waals surface area (Å²) >= 11 is 0. The highest BCUT2D eigenvalue weighted by Gasteiger charge is 2.07. The zero-order chi connectivity index (χ0) is 13.2. The Morgan fingerprint density at radius 3 is 2.61 bits per heavy atom. The lowest BCUT2D eigenvalue weighted by atomic mass is 10.4. The highest BCUT2D eigenvalue weighted by atomic mass is 32.2. The van der Waals surface area contributed by atoms with Gasteiger partial charge in [-0.15, -0.1) is 0 Å². The summed E-state index contributed by atoms with van der Waals surface area (Å²) in [6.07, 6.45) is 4.37. The third-order valence-corrected chi connectivity index (χ3v) is 3.51. The Hall–Kier alpha value is -1.89. The average Bonchev–Trinajstić information content (AvgIpc) is 2.72. The lowest BCUT2D eigenvalue weighted by Gasteiger charge is -2.06. The molecular weight excluding hydrogens is 252 g/mol. The summed E-state index contributed by atoms with van der Waals surface area (Å²) < 4.78 is 24.2. The molecular formula is C11H14N4O2S. The van der Waals surface area contributed by atoms with Gasteiger partial charge in [0.05, 0.1) is 24.1 Å². The topological polar surface area (TPSA) is 76.9 Å². The van der Waals surface area contributed by atoms with Crippen LogP contribution >= 0.6 is 0 Å². The minimum atomic E-state index is -3.24. The summed E-state index contributed by atoms with van der Waals surface area (Å²) in [6, 6.07) is 5.09. The van der Waals surface area contributed by atoms with Crippen molar-refractivity contribution in [2.45, 2.75) is 11.6 Å². The number of hydrogen-bond donors (Lipinski definition) is 1. The van der Waals surface area contributed by atoms with E-state index in [1.807, 2.05) is 13.1 Å². The summed E-state index contributed by atoms with van der Waals surface area (Å²) in [5.74, 6) is 0. The van der Waals surface area contributed by atoms with Crippen molar-refractivity contribution in [3.8, 4) is 0 Å². The SMILES string of the molecule is Cn1nccc1CNc1ccc(S(C)(=O)=O)nc1. The molecule has 0 aliphatic rings. The fraction of sp³-hybridized carbons (Fsp3) is 0.273. The molecule has 96 valence electrons. The van der Waals surface area contributed by atoms with Crippen molar-refractivity contribution in [2.75, 3.05) is 11.6 Å². The molecule has 6 nitrogen and oxygen atoms in total. The summed E-state index contributed by atoms with van der Waals surface area (Å²) in [6.45, 7) is 0.608. The number of anilines is 1. The molecule has 0 amide bonds. The van der Waals surface area contributed by atoms with Crippen LogP contribution < -0.4 is 5.32 Å². The van der Waals surface area contributed by atoms with Crippen LogP contribution in [0, 0.1) is 0 Å². The first-order valence-corrected chi connectivity index (χ1v) is 7.23. The molecule has 0 aromatic carbocycles. The first kappa shape index (κ1) is 12.6. The third kappa shape index (κ3) is 2.86. The fourth-order valence-corrected chi connectivity index (χ4v) is 2.03. The van der Waals surface area contributed by atoms with Crippen molar-refractivity contribution >= 4 is 15.5 Å². The molecule has 0 atom stereocenters. The van der Waals surface area contributed by atoms with Gasteiger partial charge < -0.3 is 5.32 Å². The summed E-state index contributed by atoms with van der Waals surface area (Å²) in [5.41, 5.74) is 1.80. The Bertz CT molecular complexity index is 631. The van der Waals surface area contributed by atoms with Crippen LogP contribution in [0.3, 0.4) is 0 Å². The molecule has 0 saturated carbocycles. The van der Waals surface area contributed by atoms with E-state index in [0.29, 0.717) is 6.54 Å². The molecule has 0 unspecified atom stereocenters. The molecule has 2 heterocycles. The molecule has 0 aliphatic carbocycles. The number of rotatable bonds is 4.